The summed E-state index contributed by atoms with van der Waals surface area (Å²) >= 11 is 0. The molecule has 0 atom stereocenters. The monoisotopic (exact) mass is 566 g/mol. The van der Waals surface area contributed by atoms with Gasteiger partial charge in [0.15, 0.2) is 0 Å². The largest absolute Gasteiger partial charge is 0.307 e. The van der Waals surface area contributed by atoms with E-state index in [-0.39, 0.29) is 10.8 Å². The molecule has 8 aromatic rings. The smallest absolute Gasteiger partial charge is 0.145 e. The maximum atomic E-state index is 4.90. The SMILES string of the molecule is CC1(C)c2ccncc2-n2c3ccc(-c4cc5c6c(c4)c4cccnc4n6-c4ccccc4C5(C)C)cc3c3cccc1c32. The zero-order valence-corrected chi connectivity index (χ0v) is 25.2. The normalized spacial score (nSPS) is 15.6. The Morgan fingerprint density at radius 1 is 0.523 bits per heavy atom. The van der Waals surface area contributed by atoms with Crippen molar-refractivity contribution in [3.63, 3.8) is 0 Å². The van der Waals surface area contributed by atoms with Crippen LogP contribution in [0, 0.1) is 0 Å². The summed E-state index contributed by atoms with van der Waals surface area (Å²) in [4.78, 5) is 9.46. The predicted octanol–water partition coefficient (Wildman–Crippen LogP) is 9.62. The lowest BCUT2D eigenvalue weighted by Crippen LogP contribution is -2.26. The van der Waals surface area contributed by atoms with E-state index < -0.39 is 0 Å². The molecule has 0 bridgehead atoms. The van der Waals surface area contributed by atoms with Gasteiger partial charge >= 0.3 is 0 Å². The Morgan fingerprint density at radius 3 is 2.18 bits per heavy atom. The molecule has 6 heterocycles. The highest BCUT2D eigenvalue weighted by Crippen LogP contribution is 2.50. The summed E-state index contributed by atoms with van der Waals surface area (Å²) < 4.78 is 4.81. The molecule has 0 saturated heterocycles. The van der Waals surface area contributed by atoms with Crippen molar-refractivity contribution in [3.8, 4) is 22.5 Å². The summed E-state index contributed by atoms with van der Waals surface area (Å²) in [6, 6.07) is 33.9. The molecule has 0 fully saturated rings. The number of nitrogens with zero attached hydrogens (tertiary/aromatic N) is 4. The molecule has 0 radical (unpaired) electrons. The van der Waals surface area contributed by atoms with Gasteiger partial charge in [-0.05, 0) is 81.9 Å². The summed E-state index contributed by atoms with van der Waals surface area (Å²) in [6.45, 7) is 9.39. The van der Waals surface area contributed by atoms with Crippen molar-refractivity contribution >= 4 is 43.7 Å². The van der Waals surface area contributed by atoms with Crippen molar-refractivity contribution in [2.75, 3.05) is 0 Å². The third-order valence-electron chi connectivity index (χ3n) is 10.6. The molecule has 2 aliphatic heterocycles. The van der Waals surface area contributed by atoms with Crippen LogP contribution in [0.1, 0.15) is 49.9 Å². The van der Waals surface area contributed by atoms with E-state index in [1.54, 1.807) is 0 Å². The van der Waals surface area contributed by atoms with Crippen LogP contribution in [-0.2, 0) is 10.8 Å². The van der Waals surface area contributed by atoms with E-state index in [1.807, 2.05) is 18.6 Å². The first-order valence-electron chi connectivity index (χ1n) is 15.4. The number of benzene rings is 4. The van der Waals surface area contributed by atoms with Gasteiger partial charge in [0.25, 0.3) is 0 Å². The molecule has 4 aromatic carbocycles. The lowest BCUT2D eigenvalue weighted by Gasteiger charge is -2.34. The van der Waals surface area contributed by atoms with Crippen LogP contribution in [0.5, 0.6) is 0 Å². The molecule has 0 aliphatic carbocycles. The minimum atomic E-state index is -0.161. The van der Waals surface area contributed by atoms with Crippen LogP contribution in [0.25, 0.3) is 66.2 Å². The first kappa shape index (κ1) is 24.2. The van der Waals surface area contributed by atoms with Gasteiger partial charge in [-0.25, -0.2) is 4.98 Å². The van der Waals surface area contributed by atoms with E-state index >= 15 is 0 Å². The Hall–Kier alpha value is -5.22. The van der Waals surface area contributed by atoms with Gasteiger partial charge in [0.2, 0.25) is 0 Å². The second-order valence-corrected chi connectivity index (χ2v) is 13.6. The average molecular weight is 567 g/mol. The van der Waals surface area contributed by atoms with Gasteiger partial charge in [-0.1, -0.05) is 70.2 Å². The third-order valence-corrected chi connectivity index (χ3v) is 10.6. The first-order chi connectivity index (χ1) is 21.4. The predicted molar refractivity (Wildman–Crippen MR) is 180 cm³/mol. The second-order valence-electron chi connectivity index (χ2n) is 13.6. The molecule has 0 N–H and O–H groups in total. The molecule has 44 heavy (non-hydrogen) atoms. The number of hydrogen-bond acceptors (Lipinski definition) is 2. The summed E-state index contributed by atoms with van der Waals surface area (Å²) in [7, 11) is 0. The molecule has 2 aliphatic rings. The van der Waals surface area contributed by atoms with Crippen molar-refractivity contribution < 1.29 is 0 Å². The number of hydrogen-bond donors (Lipinski definition) is 0. The maximum absolute atomic E-state index is 4.90. The quantitative estimate of drug-likeness (QED) is 0.198. The molecule has 0 saturated carbocycles. The number of fused-ring (bicyclic) bond motifs is 10. The Bertz CT molecular complexity index is 2560. The lowest BCUT2D eigenvalue weighted by atomic mass is 9.74. The summed E-state index contributed by atoms with van der Waals surface area (Å²) in [5.41, 5.74) is 14.7. The van der Waals surface area contributed by atoms with Gasteiger partial charge < -0.3 is 4.57 Å². The molecule has 4 nitrogen and oxygen atoms in total. The van der Waals surface area contributed by atoms with E-state index in [0.717, 1.165) is 5.65 Å². The molecule has 0 spiro atoms. The zero-order valence-electron chi connectivity index (χ0n) is 25.2. The summed E-state index contributed by atoms with van der Waals surface area (Å²) in [5, 5.41) is 5.01. The van der Waals surface area contributed by atoms with Crippen LogP contribution < -0.4 is 0 Å². The highest BCUT2D eigenvalue weighted by atomic mass is 15.1. The van der Waals surface area contributed by atoms with Crippen LogP contribution in [-0.4, -0.2) is 19.1 Å². The standard InChI is InChI=1S/C40H30N4/c1-39(2)30-16-18-41-22-35(30)43-33-15-14-23(19-27(33)25-9-7-12-31(39)36(25)43)24-20-28-26-10-8-17-42-38(26)44-34-13-6-5-11-29(34)40(3,4)32(21-24)37(28)44/h5-22H,1-4H3. The van der Waals surface area contributed by atoms with Gasteiger partial charge in [0.1, 0.15) is 5.65 Å². The fraction of sp³-hybridized carbons (Fsp3) is 0.150. The molecule has 10 rings (SSSR count). The zero-order chi connectivity index (χ0) is 29.5. The van der Waals surface area contributed by atoms with Crippen LogP contribution in [0.15, 0.2) is 110 Å². The number of rotatable bonds is 1. The van der Waals surface area contributed by atoms with E-state index in [1.165, 1.54) is 82.9 Å². The van der Waals surface area contributed by atoms with Crippen LogP contribution >= 0.6 is 0 Å². The third kappa shape index (κ3) is 2.75. The summed E-state index contributed by atoms with van der Waals surface area (Å²) in [6.07, 6.45) is 5.86. The van der Waals surface area contributed by atoms with Crippen molar-refractivity contribution in [3.05, 3.63) is 132 Å². The molecule has 4 aromatic heterocycles. The van der Waals surface area contributed by atoms with E-state index in [0.29, 0.717) is 0 Å². The average Bonchev–Trinajstić information content (AvgIpc) is 3.56. The van der Waals surface area contributed by atoms with Gasteiger partial charge in [-0.15, -0.1) is 0 Å². The maximum Gasteiger partial charge on any atom is 0.145 e. The Balaban J connectivity index is 1.29. The molecular weight excluding hydrogens is 536 g/mol. The highest BCUT2D eigenvalue weighted by Gasteiger charge is 2.37. The molecule has 0 amide bonds. The topological polar surface area (TPSA) is 35.6 Å². The highest BCUT2D eigenvalue weighted by molar-refractivity contribution is 6.14. The fourth-order valence-electron chi connectivity index (χ4n) is 8.43. The van der Waals surface area contributed by atoms with Crippen LogP contribution in [0.2, 0.25) is 0 Å². The Labute approximate surface area is 255 Å². The van der Waals surface area contributed by atoms with Crippen LogP contribution in [0.3, 0.4) is 0 Å². The van der Waals surface area contributed by atoms with Crippen molar-refractivity contribution in [2.24, 2.45) is 0 Å². The van der Waals surface area contributed by atoms with Gasteiger partial charge in [0.05, 0.1) is 34.1 Å². The Kier molecular flexibility index (Phi) is 4.32. The van der Waals surface area contributed by atoms with Gasteiger partial charge in [-0.3, -0.25) is 9.55 Å². The second kappa shape index (κ2) is 7.83. The molecule has 0 unspecified atom stereocenters. The summed E-state index contributed by atoms with van der Waals surface area (Å²) in [5.74, 6) is 0. The molecule has 210 valence electrons. The van der Waals surface area contributed by atoms with Crippen molar-refractivity contribution in [2.45, 2.75) is 38.5 Å². The van der Waals surface area contributed by atoms with E-state index in [4.69, 9.17) is 4.98 Å². The molecule has 4 heteroatoms. The van der Waals surface area contributed by atoms with Gasteiger partial charge in [0, 0.05) is 44.8 Å². The van der Waals surface area contributed by atoms with E-state index in [2.05, 4.69) is 133 Å². The van der Waals surface area contributed by atoms with Gasteiger partial charge in [-0.2, -0.15) is 0 Å². The minimum Gasteiger partial charge on any atom is -0.307 e. The molecular formula is C40H30N4. The number of aromatic nitrogens is 4. The number of pyridine rings is 2. The number of para-hydroxylation sites is 2. The fourth-order valence-corrected chi connectivity index (χ4v) is 8.43. The van der Waals surface area contributed by atoms with Crippen LogP contribution in [0.4, 0.5) is 0 Å². The van der Waals surface area contributed by atoms with E-state index in [9.17, 15) is 0 Å². The minimum absolute atomic E-state index is 0.108. The van der Waals surface area contributed by atoms with Crippen molar-refractivity contribution in [1.82, 2.24) is 19.1 Å². The van der Waals surface area contributed by atoms with Crippen molar-refractivity contribution in [1.29, 1.82) is 0 Å². The first-order valence-corrected chi connectivity index (χ1v) is 15.4. The lowest BCUT2D eigenvalue weighted by molar-refractivity contribution is 0.628. The Morgan fingerprint density at radius 2 is 1.27 bits per heavy atom.